The number of nitriles is 1. The zero-order chi connectivity index (χ0) is 29.4. The molecule has 9 nitrogen and oxygen atoms in total. The van der Waals surface area contributed by atoms with E-state index in [4.69, 9.17) is 0 Å². The van der Waals surface area contributed by atoms with E-state index >= 15 is 0 Å². The largest absolute Gasteiger partial charge is 0.388 e. The minimum absolute atomic E-state index is 0.0692. The summed E-state index contributed by atoms with van der Waals surface area (Å²) in [6.07, 6.45) is 6.05. The van der Waals surface area contributed by atoms with Gasteiger partial charge in [0, 0.05) is 43.6 Å². The molecule has 1 saturated heterocycles. The van der Waals surface area contributed by atoms with Gasteiger partial charge in [0.15, 0.2) is 0 Å². The molecule has 0 radical (unpaired) electrons. The second-order valence-electron chi connectivity index (χ2n) is 11.6. The van der Waals surface area contributed by atoms with Gasteiger partial charge in [-0.1, -0.05) is 31.4 Å². The first-order chi connectivity index (χ1) is 20.4. The lowest BCUT2D eigenvalue weighted by Crippen LogP contribution is -2.38. The van der Waals surface area contributed by atoms with Crippen LogP contribution in [0, 0.1) is 17.2 Å². The van der Waals surface area contributed by atoms with E-state index in [1.807, 2.05) is 19.2 Å². The summed E-state index contributed by atoms with van der Waals surface area (Å²) in [6, 6.07) is 15.4. The van der Waals surface area contributed by atoms with Gasteiger partial charge in [-0.05, 0) is 90.6 Å². The molecular weight excluding hydrogens is 524 g/mol. The third-order valence-corrected chi connectivity index (χ3v) is 9.38. The van der Waals surface area contributed by atoms with Crippen LogP contribution in [0.2, 0.25) is 0 Å². The first-order valence-corrected chi connectivity index (χ1v) is 14.7. The molecule has 1 amide bonds. The molecular formula is C33H38N8O. The van der Waals surface area contributed by atoms with Crippen molar-refractivity contribution in [3.05, 3.63) is 101 Å². The second kappa shape index (κ2) is 11.1. The number of nitrogens with zero attached hydrogens (tertiary/aromatic N) is 4. The monoisotopic (exact) mass is 562 g/mol. The molecule has 0 spiro atoms. The fourth-order valence-corrected chi connectivity index (χ4v) is 7.15. The lowest BCUT2D eigenvalue weighted by Gasteiger charge is -2.35. The Morgan fingerprint density at radius 2 is 1.81 bits per heavy atom. The average Bonchev–Trinajstić information content (AvgIpc) is 3.40. The number of hydrogen-bond donors (Lipinski definition) is 4. The van der Waals surface area contributed by atoms with Crippen LogP contribution in [0.15, 0.2) is 61.6 Å². The van der Waals surface area contributed by atoms with Gasteiger partial charge in [-0.3, -0.25) is 4.79 Å². The number of rotatable bonds is 10. The van der Waals surface area contributed by atoms with E-state index in [1.54, 1.807) is 13.4 Å². The number of nitrogens with one attached hydrogen (secondary N) is 4. The van der Waals surface area contributed by atoms with Crippen molar-refractivity contribution < 1.29 is 4.79 Å². The molecule has 1 aromatic heterocycles. The molecule has 3 unspecified atom stereocenters. The maximum atomic E-state index is 12.6. The van der Waals surface area contributed by atoms with E-state index in [0.29, 0.717) is 37.0 Å². The van der Waals surface area contributed by atoms with Crippen LogP contribution in [0.3, 0.4) is 0 Å². The molecule has 216 valence electrons. The smallest absolute Gasteiger partial charge is 0.251 e. The lowest BCUT2D eigenvalue weighted by atomic mass is 9.69. The number of aromatic amines is 1. The number of fused-ring (bicyclic) bond motifs is 3. The normalized spacial score (nSPS) is 23.5. The van der Waals surface area contributed by atoms with Crippen molar-refractivity contribution >= 4 is 11.6 Å². The van der Waals surface area contributed by atoms with Gasteiger partial charge >= 0.3 is 0 Å². The van der Waals surface area contributed by atoms with Crippen molar-refractivity contribution in [2.24, 2.45) is 5.92 Å². The molecule has 4 N–H and O–H groups in total. The number of hydrogen-bond acceptors (Lipinski definition) is 7. The topological polar surface area (TPSA) is 122 Å². The predicted molar refractivity (Wildman–Crippen MR) is 162 cm³/mol. The van der Waals surface area contributed by atoms with Crippen molar-refractivity contribution in [2.75, 3.05) is 27.2 Å². The van der Waals surface area contributed by atoms with E-state index in [2.05, 4.69) is 79.5 Å². The number of likely N-dealkylation sites (tertiary alicyclic amines) is 1. The van der Waals surface area contributed by atoms with Crippen molar-refractivity contribution in [1.29, 1.82) is 5.26 Å². The molecule has 4 atom stereocenters. The van der Waals surface area contributed by atoms with Crippen LogP contribution < -0.4 is 16.0 Å². The number of carbonyl (C=O) groups excluding carboxylic acids is 1. The van der Waals surface area contributed by atoms with Crippen LogP contribution in [-0.4, -0.2) is 65.3 Å². The minimum Gasteiger partial charge on any atom is -0.388 e. The summed E-state index contributed by atoms with van der Waals surface area (Å²) in [5, 5.41) is 28.0. The number of H-pyrrole nitrogens is 1. The number of carbonyl (C=O) groups is 1. The average molecular weight is 563 g/mol. The molecule has 42 heavy (non-hydrogen) atoms. The summed E-state index contributed by atoms with van der Waals surface area (Å²) in [5.74, 6) is 1.31. The zero-order valence-corrected chi connectivity index (χ0v) is 24.3. The fraction of sp³-hybridized carbons (Fsp3) is 0.394. The van der Waals surface area contributed by atoms with E-state index in [9.17, 15) is 10.1 Å². The van der Waals surface area contributed by atoms with Crippen molar-refractivity contribution in [1.82, 2.24) is 36.0 Å². The predicted octanol–water partition coefficient (Wildman–Crippen LogP) is 3.27. The van der Waals surface area contributed by atoms with E-state index in [-0.39, 0.29) is 11.9 Å². The second-order valence-corrected chi connectivity index (χ2v) is 11.6. The van der Waals surface area contributed by atoms with E-state index in [1.165, 1.54) is 17.5 Å². The summed E-state index contributed by atoms with van der Waals surface area (Å²) in [7, 11) is 3.54. The molecule has 1 saturated carbocycles. The molecule has 2 aromatic carbocycles. The van der Waals surface area contributed by atoms with Crippen molar-refractivity contribution in [3.63, 3.8) is 0 Å². The summed E-state index contributed by atoms with van der Waals surface area (Å²) in [4.78, 5) is 18.2. The summed E-state index contributed by atoms with van der Waals surface area (Å²) >= 11 is 0. The van der Waals surface area contributed by atoms with Gasteiger partial charge in [-0.2, -0.15) is 5.26 Å². The Morgan fingerprint density at radius 1 is 1.10 bits per heavy atom. The van der Waals surface area contributed by atoms with Crippen LogP contribution >= 0.6 is 0 Å². The van der Waals surface area contributed by atoms with Gasteiger partial charge in [0.1, 0.15) is 18.2 Å². The molecule has 3 aliphatic rings. The van der Waals surface area contributed by atoms with E-state index < -0.39 is 5.41 Å². The number of piperidine rings is 1. The van der Waals surface area contributed by atoms with Crippen molar-refractivity contribution in [2.45, 2.75) is 49.6 Å². The molecule has 3 aromatic rings. The lowest BCUT2D eigenvalue weighted by molar-refractivity contribution is 0.0963. The molecule has 0 bridgehead atoms. The Balaban J connectivity index is 1.38. The van der Waals surface area contributed by atoms with Gasteiger partial charge in [-0.25, -0.2) is 0 Å². The van der Waals surface area contributed by atoms with Gasteiger partial charge in [0.25, 0.3) is 5.91 Å². The maximum Gasteiger partial charge on any atom is 0.251 e. The van der Waals surface area contributed by atoms with Crippen LogP contribution in [0.4, 0.5) is 0 Å². The SMILES string of the molecule is C=C(NC)c1ccc2c(c1)CCc1cc(C(=O)NC)ccc1C2(CCNCC(=C)N1C(C#N)C[C@@H]2CC21)c1nnc[nH]1. The van der Waals surface area contributed by atoms with Crippen molar-refractivity contribution in [3.8, 4) is 6.07 Å². The first-order valence-electron chi connectivity index (χ1n) is 14.7. The highest BCUT2D eigenvalue weighted by Crippen LogP contribution is 2.49. The Labute approximate surface area is 247 Å². The Hall–Kier alpha value is -4.42. The minimum atomic E-state index is -0.628. The summed E-state index contributed by atoms with van der Waals surface area (Å²) in [5.41, 5.74) is 7.53. The number of amides is 1. The van der Waals surface area contributed by atoms with Gasteiger partial charge in [0.2, 0.25) is 0 Å². The standard InChI is InChI=1S/C33H38N8O/c1-20(41-27(17-34)15-26-16-30(26)41)18-37-12-11-33(32-38-19-39-40-32)28-9-7-22(21(2)35-3)13-23(28)5-6-24-14-25(31(42)36-4)8-10-29(24)33/h7-10,13-14,19,26-27,30,35,37H,1-2,5-6,11-12,15-16,18H2,3-4H3,(H,36,42)(H,38,39,40)/t26-,27?,30?,33?/m1/s1. The summed E-state index contributed by atoms with van der Waals surface area (Å²) < 4.78 is 0. The molecule has 1 aliphatic heterocycles. The number of aromatic nitrogens is 3. The maximum absolute atomic E-state index is 12.6. The number of benzene rings is 2. The van der Waals surface area contributed by atoms with Crippen LogP contribution in [0.25, 0.3) is 5.70 Å². The number of aryl methyl sites for hydroxylation is 2. The third-order valence-electron chi connectivity index (χ3n) is 9.38. The zero-order valence-electron chi connectivity index (χ0n) is 24.3. The van der Waals surface area contributed by atoms with Crippen LogP contribution in [0.1, 0.15) is 63.3 Å². The molecule has 2 heterocycles. The van der Waals surface area contributed by atoms with Gasteiger partial charge in [-0.15, -0.1) is 10.2 Å². The molecule has 6 rings (SSSR count). The highest BCUT2D eigenvalue weighted by Gasteiger charge is 2.52. The van der Waals surface area contributed by atoms with Gasteiger partial charge in [0.05, 0.1) is 11.5 Å². The molecule has 2 fully saturated rings. The molecule has 2 aliphatic carbocycles. The highest BCUT2D eigenvalue weighted by molar-refractivity contribution is 5.94. The van der Waals surface area contributed by atoms with E-state index in [0.717, 1.165) is 53.2 Å². The Bertz CT molecular complexity index is 1500. The first kappa shape index (κ1) is 27.7. The fourth-order valence-electron chi connectivity index (χ4n) is 7.15. The third kappa shape index (κ3) is 4.66. The quantitative estimate of drug-likeness (QED) is 0.280. The Morgan fingerprint density at radius 3 is 2.45 bits per heavy atom. The highest BCUT2D eigenvalue weighted by atomic mass is 16.1. The van der Waals surface area contributed by atoms with Crippen LogP contribution in [0.5, 0.6) is 0 Å². The molecule has 9 heteroatoms. The summed E-state index contributed by atoms with van der Waals surface area (Å²) in [6.45, 7) is 9.83. The van der Waals surface area contributed by atoms with Crippen LogP contribution in [-0.2, 0) is 18.3 Å². The Kier molecular flexibility index (Phi) is 7.33. The van der Waals surface area contributed by atoms with Gasteiger partial charge < -0.3 is 25.8 Å².